The number of azo groups is 1. The SMILES string of the molecule is CC(C)CCOCc1cccc(N=Nc2nc(-c3ccccc3F)oc2O)c1. The molecule has 0 saturated carbocycles. The first kappa shape index (κ1) is 19.7. The molecular weight excluding hydrogens is 361 g/mol. The largest absolute Gasteiger partial charge is 0.478 e. The zero-order valence-electron chi connectivity index (χ0n) is 15.8. The van der Waals surface area contributed by atoms with Crippen molar-refractivity contribution in [1.29, 1.82) is 0 Å². The quantitative estimate of drug-likeness (QED) is 0.373. The van der Waals surface area contributed by atoms with E-state index in [2.05, 4.69) is 29.1 Å². The maximum Gasteiger partial charge on any atom is 0.332 e. The van der Waals surface area contributed by atoms with Crippen LogP contribution >= 0.6 is 0 Å². The summed E-state index contributed by atoms with van der Waals surface area (Å²) in [5, 5.41) is 17.9. The number of oxazole rings is 1. The lowest BCUT2D eigenvalue weighted by Crippen LogP contribution is -1.99. The number of aromatic nitrogens is 1. The van der Waals surface area contributed by atoms with Crippen LogP contribution in [-0.2, 0) is 11.3 Å². The summed E-state index contributed by atoms with van der Waals surface area (Å²) < 4.78 is 24.6. The van der Waals surface area contributed by atoms with Crippen LogP contribution in [0.5, 0.6) is 5.95 Å². The summed E-state index contributed by atoms with van der Waals surface area (Å²) in [5.41, 5.74) is 1.69. The first-order chi connectivity index (χ1) is 13.5. The Morgan fingerprint density at radius 1 is 1.14 bits per heavy atom. The minimum Gasteiger partial charge on any atom is -0.478 e. The maximum absolute atomic E-state index is 13.8. The van der Waals surface area contributed by atoms with Gasteiger partial charge in [-0.05, 0) is 42.2 Å². The molecule has 1 heterocycles. The second kappa shape index (κ2) is 9.23. The first-order valence-corrected chi connectivity index (χ1v) is 9.06. The predicted molar refractivity (Wildman–Crippen MR) is 103 cm³/mol. The smallest absolute Gasteiger partial charge is 0.332 e. The average Bonchev–Trinajstić information content (AvgIpc) is 3.04. The van der Waals surface area contributed by atoms with Crippen molar-refractivity contribution in [3.05, 3.63) is 59.9 Å². The third-order valence-electron chi connectivity index (χ3n) is 3.98. The number of aromatic hydroxyl groups is 1. The highest BCUT2D eigenvalue weighted by Crippen LogP contribution is 2.34. The average molecular weight is 383 g/mol. The van der Waals surface area contributed by atoms with Crippen molar-refractivity contribution in [2.45, 2.75) is 26.9 Å². The van der Waals surface area contributed by atoms with Gasteiger partial charge in [-0.3, -0.25) is 0 Å². The summed E-state index contributed by atoms with van der Waals surface area (Å²) in [6.07, 6.45) is 1.01. The van der Waals surface area contributed by atoms with E-state index < -0.39 is 11.8 Å². The minimum absolute atomic E-state index is 0.0585. The molecule has 3 rings (SSSR count). The van der Waals surface area contributed by atoms with Crippen LogP contribution in [0.15, 0.2) is 63.2 Å². The zero-order chi connectivity index (χ0) is 19.9. The highest BCUT2D eigenvalue weighted by Gasteiger charge is 2.16. The molecule has 28 heavy (non-hydrogen) atoms. The van der Waals surface area contributed by atoms with E-state index in [1.807, 2.05) is 18.2 Å². The number of nitrogens with zero attached hydrogens (tertiary/aromatic N) is 3. The van der Waals surface area contributed by atoms with Crippen molar-refractivity contribution in [2.24, 2.45) is 16.1 Å². The van der Waals surface area contributed by atoms with Crippen LogP contribution < -0.4 is 0 Å². The van der Waals surface area contributed by atoms with Crippen molar-refractivity contribution in [2.75, 3.05) is 6.61 Å². The highest BCUT2D eigenvalue weighted by molar-refractivity contribution is 5.57. The van der Waals surface area contributed by atoms with Gasteiger partial charge >= 0.3 is 5.95 Å². The van der Waals surface area contributed by atoms with Crippen LogP contribution in [-0.4, -0.2) is 16.7 Å². The van der Waals surface area contributed by atoms with E-state index in [0.29, 0.717) is 24.8 Å². The lowest BCUT2D eigenvalue weighted by Gasteiger charge is -2.06. The van der Waals surface area contributed by atoms with Crippen LogP contribution in [0.25, 0.3) is 11.5 Å². The van der Waals surface area contributed by atoms with Crippen LogP contribution in [0, 0.1) is 11.7 Å². The van der Waals surface area contributed by atoms with E-state index in [4.69, 9.17) is 9.15 Å². The maximum atomic E-state index is 13.8. The van der Waals surface area contributed by atoms with Crippen molar-refractivity contribution in [3.63, 3.8) is 0 Å². The molecule has 2 aromatic carbocycles. The molecule has 146 valence electrons. The lowest BCUT2D eigenvalue weighted by molar-refractivity contribution is 0.111. The zero-order valence-corrected chi connectivity index (χ0v) is 15.8. The summed E-state index contributed by atoms with van der Waals surface area (Å²) in [6.45, 7) is 5.50. The van der Waals surface area contributed by atoms with Gasteiger partial charge in [-0.15, -0.1) is 10.2 Å². The lowest BCUT2D eigenvalue weighted by atomic mass is 10.1. The molecule has 0 fully saturated rings. The topological polar surface area (TPSA) is 80.2 Å². The minimum atomic E-state index is -0.518. The summed E-state index contributed by atoms with van der Waals surface area (Å²) in [5.74, 6) is -0.592. The number of hydrogen-bond acceptors (Lipinski definition) is 6. The fourth-order valence-electron chi connectivity index (χ4n) is 2.44. The van der Waals surface area contributed by atoms with Crippen molar-refractivity contribution in [3.8, 4) is 17.4 Å². The fraction of sp³-hybridized carbons (Fsp3) is 0.286. The van der Waals surface area contributed by atoms with Gasteiger partial charge in [-0.1, -0.05) is 38.1 Å². The molecule has 3 aromatic rings. The van der Waals surface area contributed by atoms with Gasteiger partial charge in [0, 0.05) is 6.61 Å². The van der Waals surface area contributed by atoms with E-state index in [0.717, 1.165) is 12.0 Å². The molecule has 0 spiro atoms. The van der Waals surface area contributed by atoms with Crippen molar-refractivity contribution in [1.82, 2.24) is 4.98 Å². The van der Waals surface area contributed by atoms with Crippen LogP contribution in [0.3, 0.4) is 0 Å². The Hall–Kier alpha value is -3.06. The van der Waals surface area contributed by atoms with E-state index >= 15 is 0 Å². The fourth-order valence-corrected chi connectivity index (χ4v) is 2.44. The molecule has 0 radical (unpaired) electrons. The Labute approximate surface area is 162 Å². The Balaban J connectivity index is 1.69. The number of ether oxygens (including phenoxy) is 1. The van der Waals surface area contributed by atoms with E-state index in [9.17, 15) is 9.50 Å². The molecule has 1 aromatic heterocycles. The normalized spacial score (nSPS) is 11.6. The third-order valence-corrected chi connectivity index (χ3v) is 3.98. The Morgan fingerprint density at radius 3 is 2.75 bits per heavy atom. The van der Waals surface area contributed by atoms with Gasteiger partial charge in [0.15, 0.2) is 0 Å². The molecule has 0 atom stereocenters. The Bertz CT molecular complexity index is 954. The molecule has 7 heteroatoms. The molecule has 6 nitrogen and oxygen atoms in total. The molecule has 1 N–H and O–H groups in total. The number of benzene rings is 2. The summed E-state index contributed by atoms with van der Waals surface area (Å²) in [6, 6.07) is 13.4. The van der Waals surface area contributed by atoms with Gasteiger partial charge in [0.25, 0.3) is 5.82 Å². The summed E-state index contributed by atoms with van der Waals surface area (Å²) in [4.78, 5) is 4.01. The van der Waals surface area contributed by atoms with Crippen LogP contribution in [0.2, 0.25) is 0 Å². The molecule has 0 unspecified atom stereocenters. The predicted octanol–water partition coefficient (Wildman–Crippen LogP) is 6.16. The number of rotatable bonds is 8. The van der Waals surface area contributed by atoms with E-state index in [1.165, 1.54) is 12.1 Å². The molecule has 0 saturated heterocycles. The van der Waals surface area contributed by atoms with Gasteiger partial charge in [0.1, 0.15) is 5.82 Å². The van der Waals surface area contributed by atoms with Crippen LogP contribution in [0.4, 0.5) is 15.9 Å². The van der Waals surface area contributed by atoms with E-state index in [1.54, 1.807) is 18.2 Å². The van der Waals surface area contributed by atoms with Crippen molar-refractivity contribution < 1.29 is 18.7 Å². The van der Waals surface area contributed by atoms with Gasteiger partial charge in [-0.2, -0.15) is 4.98 Å². The summed E-state index contributed by atoms with van der Waals surface area (Å²) in [7, 11) is 0. The Morgan fingerprint density at radius 2 is 1.96 bits per heavy atom. The molecule has 0 aliphatic heterocycles. The first-order valence-electron chi connectivity index (χ1n) is 9.06. The third kappa shape index (κ3) is 5.23. The van der Waals surface area contributed by atoms with Gasteiger partial charge in [0.2, 0.25) is 5.89 Å². The molecular formula is C21H22FN3O3. The number of hydrogen-bond donors (Lipinski definition) is 1. The van der Waals surface area contributed by atoms with Gasteiger partial charge in [0.05, 0.1) is 17.9 Å². The standard InChI is InChI=1S/C21H22FN3O3/c1-14(2)10-11-27-13-15-6-5-7-16(12-15)24-25-19-21(26)28-20(23-19)17-8-3-4-9-18(17)22/h3-9,12,14,26H,10-11,13H2,1-2H3. The number of halogens is 1. The second-order valence-electron chi connectivity index (χ2n) is 6.73. The molecule has 0 aliphatic rings. The molecule has 0 bridgehead atoms. The molecule has 0 aliphatic carbocycles. The molecule has 0 amide bonds. The summed E-state index contributed by atoms with van der Waals surface area (Å²) >= 11 is 0. The van der Waals surface area contributed by atoms with Gasteiger partial charge < -0.3 is 14.3 Å². The second-order valence-corrected chi connectivity index (χ2v) is 6.73. The van der Waals surface area contributed by atoms with Crippen LogP contribution in [0.1, 0.15) is 25.8 Å². The van der Waals surface area contributed by atoms with Crippen molar-refractivity contribution >= 4 is 11.5 Å². The van der Waals surface area contributed by atoms with E-state index in [-0.39, 0.29) is 17.3 Å². The Kier molecular flexibility index (Phi) is 6.49. The highest BCUT2D eigenvalue weighted by atomic mass is 19.1. The van der Waals surface area contributed by atoms with Gasteiger partial charge in [-0.25, -0.2) is 4.39 Å². The monoisotopic (exact) mass is 383 g/mol.